The van der Waals surface area contributed by atoms with Crippen molar-refractivity contribution in [3.63, 3.8) is 0 Å². The van der Waals surface area contributed by atoms with Crippen molar-refractivity contribution >= 4 is 0 Å². The summed E-state index contributed by atoms with van der Waals surface area (Å²) in [5.74, 6) is 0. The smallest absolute Gasteiger partial charge is 0.0148 e. The third-order valence-corrected chi connectivity index (χ3v) is 6.37. The third kappa shape index (κ3) is 15.2. The van der Waals surface area contributed by atoms with E-state index < -0.39 is 0 Å². The second kappa shape index (κ2) is 19.6. The maximum absolute atomic E-state index is 3.28. The highest BCUT2D eigenvalue weighted by Crippen LogP contribution is 2.15. The first-order valence-corrected chi connectivity index (χ1v) is 13.0. The molecule has 1 rings (SSSR count). The molecule has 1 N–H and O–H groups in total. The van der Waals surface area contributed by atoms with Gasteiger partial charge in [-0.2, -0.15) is 0 Å². The standard InChI is InChI=1S/C27H51N/c1-3-4-5-6-7-8-9-10-11-12-13-14-15-16-17-18-19-20-21-22-23-27-24-25-28-26(27)2/h24-25,28H,3-23H2,1-2H3. The van der Waals surface area contributed by atoms with Gasteiger partial charge in [0, 0.05) is 11.9 Å². The number of hydrogen-bond donors (Lipinski definition) is 1. The fourth-order valence-electron chi connectivity index (χ4n) is 4.33. The average Bonchev–Trinajstić information content (AvgIpc) is 3.11. The van der Waals surface area contributed by atoms with Gasteiger partial charge in [0.25, 0.3) is 0 Å². The van der Waals surface area contributed by atoms with Gasteiger partial charge in [0.1, 0.15) is 0 Å². The van der Waals surface area contributed by atoms with Crippen molar-refractivity contribution in [3.8, 4) is 0 Å². The van der Waals surface area contributed by atoms with Crippen molar-refractivity contribution in [1.29, 1.82) is 0 Å². The monoisotopic (exact) mass is 389 g/mol. The van der Waals surface area contributed by atoms with Crippen LogP contribution in [-0.2, 0) is 6.42 Å². The van der Waals surface area contributed by atoms with E-state index in [9.17, 15) is 0 Å². The third-order valence-electron chi connectivity index (χ3n) is 6.37. The number of unbranched alkanes of at least 4 members (excludes halogenated alkanes) is 19. The average molecular weight is 390 g/mol. The molecule has 1 aromatic rings. The van der Waals surface area contributed by atoms with E-state index in [-0.39, 0.29) is 0 Å². The maximum atomic E-state index is 3.28. The number of rotatable bonds is 21. The van der Waals surface area contributed by atoms with Crippen molar-refractivity contribution in [2.24, 2.45) is 0 Å². The normalized spacial score (nSPS) is 11.4. The van der Waals surface area contributed by atoms with E-state index >= 15 is 0 Å². The van der Waals surface area contributed by atoms with E-state index in [1.807, 2.05) is 0 Å². The Balaban J connectivity index is 1.67. The van der Waals surface area contributed by atoms with E-state index in [4.69, 9.17) is 0 Å². The van der Waals surface area contributed by atoms with Crippen molar-refractivity contribution in [2.75, 3.05) is 0 Å². The van der Waals surface area contributed by atoms with Gasteiger partial charge in [-0.15, -0.1) is 0 Å². The Morgan fingerprint density at radius 3 is 1.21 bits per heavy atom. The van der Waals surface area contributed by atoms with Crippen LogP contribution in [-0.4, -0.2) is 4.98 Å². The van der Waals surface area contributed by atoms with Gasteiger partial charge in [-0.3, -0.25) is 0 Å². The molecule has 28 heavy (non-hydrogen) atoms. The van der Waals surface area contributed by atoms with E-state index in [1.54, 1.807) is 0 Å². The predicted molar refractivity (Wildman–Crippen MR) is 127 cm³/mol. The summed E-state index contributed by atoms with van der Waals surface area (Å²) >= 11 is 0. The van der Waals surface area contributed by atoms with E-state index in [0.717, 1.165) is 0 Å². The Hall–Kier alpha value is -0.720. The molecule has 0 atom stereocenters. The first kappa shape index (κ1) is 25.3. The van der Waals surface area contributed by atoms with E-state index in [2.05, 4.69) is 31.1 Å². The molecule has 164 valence electrons. The zero-order chi connectivity index (χ0) is 20.1. The van der Waals surface area contributed by atoms with Gasteiger partial charge in [-0.25, -0.2) is 0 Å². The Kier molecular flexibility index (Phi) is 17.7. The molecule has 0 aliphatic rings. The highest BCUT2D eigenvalue weighted by atomic mass is 14.7. The summed E-state index contributed by atoms with van der Waals surface area (Å²) < 4.78 is 0. The minimum absolute atomic E-state index is 1.26. The highest BCUT2D eigenvalue weighted by Gasteiger charge is 1.99. The predicted octanol–water partition coefficient (Wildman–Crippen LogP) is 9.69. The summed E-state index contributed by atoms with van der Waals surface area (Å²) in [5, 5.41) is 0. The topological polar surface area (TPSA) is 15.8 Å². The zero-order valence-electron chi connectivity index (χ0n) is 19.5. The molecule has 0 saturated heterocycles. The molecule has 0 saturated carbocycles. The largest absolute Gasteiger partial charge is 0.365 e. The van der Waals surface area contributed by atoms with Crippen LogP contribution in [0.15, 0.2) is 12.3 Å². The maximum Gasteiger partial charge on any atom is 0.0148 e. The lowest BCUT2D eigenvalue weighted by Crippen LogP contribution is -1.87. The molecule has 1 heteroatoms. The molecule has 0 spiro atoms. The fraction of sp³-hybridized carbons (Fsp3) is 0.852. The summed E-state index contributed by atoms with van der Waals surface area (Å²) in [6, 6.07) is 2.24. The zero-order valence-corrected chi connectivity index (χ0v) is 19.5. The lowest BCUT2D eigenvalue weighted by molar-refractivity contribution is 0.521. The lowest BCUT2D eigenvalue weighted by Gasteiger charge is -2.04. The summed E-state index contributed by atoms with van der Waals surface area (Å²) in [6.07, 6.45) is 32.4. The van der Waals surface area contributed by atoms with Gasteiger partial charge in [-0.1, -0.05) is 129 Å². The molecular weight excluding hydrogens is 338 g/mol. The van der Waals surface area contributed by atoms with Crippen molar-refractivity contribution in [2.45, 2.75) is 149 Å². The van der Waals surface area contributed by atoms with Crippen LogP contribution in [0.2, 0.25) is 0 Å². The van der Waals surface area contributed by atoms with Crippen LogP contribution in [0.25, 0.3) is 0 Å². The van der Waals surface area contributed by atoms with Crippen molar-refractivity contribution in [1.82, 2.24) is 4.98 Å². The lowest BCUT2D eigenvalue weighted by atomic mass is 10.0. The molecule has 1 nitrogen and oxygen atoms in total. The Bertz CT molecular complexity index is 420. The molecular formula is C27H51N. The molecule has 1 aromatic heterocycles. The SMILES string of the molecule is CCCCCCCCCCCCCCCCCCCCCCc1cc[nH]c1C. The number of aromatic nitrogens is 1. The molecule has 0 amide bonds. The summed E-state index contributed by atoms with van der Waals surface area (Å²) in [6.45, 7) is 4.49. The molecule has 0 unspecified atom stereocenters. The Morgan fingerprint density at radius 2 is 0.893 bits per heavy atom. The summed E-state index contributed by atoms with van der Waals surface area (Å²) in [7, 11) is 0. The van der Waals surface area contributed by atoms with Gasteiger partial charge >= 0.3 is 0 Å². The second-order valence-electron chi connectivity index (χ2n) is 9.10. The number of H-pyrrole nitrogens is 1. The molecule has 0 bridgehead atoms. The minimum atomic E-state index is 1.26. The van der Waals surface area contributed by atoms with Crippen LogP contribution in [0.3, 0.4) is 0 Å². The minimum Gasteiger partial charge on any atom is -0.365 e. The molecule has 0 aromatic carbocycles. The number of aromatic amines is 1. The first-order chi connectivity index (χ1) is 13.8. The summed E-state index contributed by atoms with van der Waals surface area (Å²) in [4.78, 5) is 3.28. The number of hydrogen-bond acceptors (Lipinski definition) is 0. The number of nitrogens with one attached hydrogen (secondary N) is 1. The van der Waals surface area contributed by atoms with Crippen LogP contribution < -0.4 is 0 Å². The molecule has 0 aliphatic heterocycles. The Morgan fingerprint density at radius 1 is 0.536 bits per heavy atom. The van der Waals surface area contributed by atoms with E-state index in [0.29, 0.717) is 0 Å². The van der Waals surface area contributed by atoms with Crippen LogP contribution in [0.4, 0.5) is 0 Å². The van der Waals surface area contributed by atoms with Crippen LogP contribution in [0, 0.1) is 6.92 Å². The Labute approximate surface area is 177 Å². The van der Waals surface area contributed by atoms with Crippen molar-refractivity contribution < 1.29 is 0 Å². The quantitative estimate of drug-likeness (QED) is 0.201. The van der Waals surface area contributed by atoms with Gasteiger partial charge in [0.05, 0.1) is 0 Å². The van der Waals surface area contributed by atoms with Gasteiger partial charge < -0.3 is 4.98 Å². The number of aryl methyl sites for hydroxylation is 2. The van der Waals surface area contributed by atoms with Gasteiger partial charge in [-0.05, 0) is 31.4 Å². The summed E-state index contributed by atoms with van der Waals surface area (Å²) in [5.41, 5.74) is 2.88. The highest BCUT2D eigenvalue weighted by molar-refractivity contribution is 5.18. The molecule has 0 aliphatic carbocycles. The fourth-order valence-corrected chi connectivity index (χ4v) is 4.33. The van der Waals surface area contributed by atoms with Crippen molar-refractivity contribution in [3.05, 3.63) is 23.5 Å². The molecule has 0 radical (unpaired) electrons. The van der Waals surface area contributed by atoms with Gasteiger partial charge in [0.2, 0.25) is 0 Å². The van der Waals surface area contributed by atoms with Gasteiger partial charge in [0.15, 0.2) is 0 Å². The molecule has 0 fully saturated rings. The van der Waals surface area contributed by atoms with E-state index in [1.165, 1.54) is 146 Å². The van der Waals surface area contributed by atoms with Crippen LogP contribution in [0.5, 0.6) is 0 Å². The first-order valence-electron chi connectivity index (χ1n) is 13.0. The van der Waals surface area contributed by atoms with Crippen LogP contribution in [0.1, 0.15) is 147 Å². The molecule has 1 heterocycles. The van der Waals surface area contributed by atoms with Crippen LogP contribution >= 0.6 is 0 Å². The second-order valence-corrected chi connectivity index (χ2v) is 9.10.